The first-order valence-corrected chi connectivity index (χ1v) is 8.18. The van der Waals surface area contributed by atoms with Gasteiger partial charge in [0.1, 0.15) is 0 Å². The van der Waals surface area contributed by atoms with Gasteiger partial charge in [0, 0.05) is 38.3 Å². The highest BCUT2D eigenvalue weighted by Crippen LogP contribution is 2.19. The first kappa shape index (κ1) is 23.2. The molecule has 1 N–H and O–H groups in total. The molecule has 0 saturated carbocycles. The van der Waals surface area contributed by atoms with Crippen LogP contribution in [0.25, 0.3) is 0 Å². The van der Waals surface area contributed by atoms with Crippen molar-refractivity contribution in [1.82, 2.24) is 9.80 Å². The lowest BCUT2D eigenvalue weighted by atomic mass is 9.91. The van der Waals surface area contributed by atoms with Crippen LogP contribution < -0.4 is 0 Å². The van der Waals surface area contributed by atoms with Crippen LogP contribution in [0, 0.1) is 5.41 Å². The minimum atomic E-state index is 0. The highest BCUT2D eigenvalue weighted by Gasteiger charge is 2.24. The van der Waals surface area contributed by atoms with Crippen LogP contribution in [0.2, 0.25) is 0 Å². The maximum atomic E-state index is 8.43. The van der Waals surface area contributed by atoms with Crippen LogP contribution in [-0.4, -0.2) is 59.8 Å². The molecule has 1 aliphatic heterocycles. The molecular weight excluding hydrogens is 260 g/mol. The smallest absolute Gasteiger partial charge is 0.0431 e. The van der Waals surface area contributed by atoms with Crippen LogP contribution >= 0.6 is 0 Å². The van der Waals surface area contributed by atoms with Gasteiger partial charge in [-0.1, -0.05) is 35.1 Å². The summed E-state index contributed by atoms with van der Waals surface area (Å²) in [6.45, 7) is 22.2. The van der Waals surface area contributed by atoms with E-state index in [1.54, 1.807) is 0 Å². The highest BCUT2D eigenvalue weighted by atomic mass is 16.2. The quantitative estimate of drug-likeness (QED) is 0.857. The van der Waals surface area contributed by atoms with E-state index >= 15 is 0 Å². The second-order valence-electron chi connectivity index (χ2n) is 7.98. The number of hydrogen-bond acceptors (Lipinski definition) is 3. The van der Waals surface area contributed by atoms with Crippen molar-refractivity contribution in [2.24, 2.45) is 5.41 Å². The lowest BCUT2D eigenvalue weighted by Crippen LogP contribution is -2.53. The largest absolute Gasteiger partial charge is 0.396 e. The second-order valence-corrected chi connectivity index (χ2v) is 7.98. The van der Waals surface area contributed by atoms with Crippen molar-refractivity contribution in [3.63, 3.8) is 0 Å². The van der Waals surface area contributed by atoms with Gasteiger partial charge < -0.3 is 10.0 Å². The van der Waals surface area contributed by atoms with Gasteiger partial charge in [0.05, 0.1) is 0 Å². The third kappa shape index (κ3) is 12.1. The van der Waals surface area contributed by atoms with E-state index in [1.165, 1.54) is 32.7 Å². The van der Waals surface area contributed by atoms with Gasteiger partial charge in [0.2, 0.25) is 0 Å². The van der Waals surface area contributed by atoms with Gasteiger partial charge in [0.25, 0.3) is 0 Å². The molecule has 0 aromatic heterocycles. The van der Waals surface area contributed by atoms with E-state index in [4.69, 9.17) is 5.11 Å². The van der Waals surface area contributed by atoms with E-state index in [-0.39, 0.29) is 7.43 Å². The molecule has 1 fully saturated rings. The van der Waals surface area contributed by atoms with Crippen LogP contribution in [0.15, 0.2) is 0 Å². The Morgan fingerprint density at radius 3 is 1.62 bits per heavy atom. The standard InChI is InChI=1S/C10H22N2.C7H16O.CH4/c1-5-11-6-8-12(9-7-11)10(2,3)4;1-7(2,3)5-4-6-8;/h5-9H2,1-4H3;8H,4-6H2,1-3H3;1H4. The molecule has 1 aliphatic rings. The van der Waals surface area contributed by atoms with E-state index in [9.17, 15) is 0 Å². The highest BCUT2D eigenvalue weighted by molar-refractivity contribution is 4.81. The van der Waals surface area contributed by atoms with E-state index in [0.29, 0.717) is 17.6 Å². The molecule has 0 aliphatic carbocycles. The molecule has 130 valence electrons. The molecule has 21 heavy (non-hydrogen) atoms. The number of nitrogens with zero attached hydrogens (tertiary/aromatic N) is 2. The third-order valence-corrected chi connectivity index (χ3v) is 3.85. The summed E-state index contributed by atoms with van der Waals surface area (Å²) in [7, 11) is 0. The molecular formula is C18H42N2O. The van der Waals surface area contributed by atoms with Gasteiger partial charge >= 0.3 is 0 Å². The average Bonchev–Trinajstić information content (AvgIpc) is 2.35. The number of piperazine rings is 1. The number of rotatable bonds is 3. The van der Waals surface area contributed by atoms with Crippen molar-refractivity contribution in [2.45, 2.75) is 74.3 Å². The summed E-state index contributed by atoms with van der Waals surface area (Å²) < 4.78 is 0. The van der Waals surface area contributed by atoms with E-state index in [0.717, 1.165) is 12.8 Å². The summed E-state index contributed by atoms with van der Waals surface area (Å²) in [6, 6.07) is 0. The molecule has 0 unspecified atom stereocenters. The molecule has 0 aromatic rings. The van der Waals surface area contributed by atoms with Crippen molar-refractivity contribution in [3.05, 3.63) is 0 Å². The monoisotopic (exact) mass is 302 g/mol. The zero-order chi connectivity index (χ0) is 15.8. The minimum absolute atomic E-state index is 0. The van der Waals surface area contributed by atoms with E-state index < -0.39 is 0 Å². The predicted octanol–water partition coefficient (Wildman–Crippen LogP) is 3.86. The Balaban J connectivity index is 0. The van der Waals surface area contributed by atoms with Crippen molar-refractivity contribution >= 4 is 0 Å². The summed E-state index contributed by atoms with van der Waals surface area (Å²) in [4.78, 5) is 5.08. The molecule has 1 saturated heterocycles. The zero-order valence-electron chi connectivity index (χ0n) is 15.0. The normalized spacial score (nSPS) is 17.7. The molecule has 0 spiro atoms. The summed E-state index contributed by atoms with van der Waals surface area (Å²) >= 11 is 0. The average molecular weight is 303 g/mol. The molecule has 3 heteroatoms. The number of aliphatic hydroxyl groups is 1. The summed E-state index contributed by atoms with van der Waals surface area (Å²) in [5.41, 5.74) is 0.753. The second kappa shape index (κ2) is 10.6. The minimum Gasteiger partial charge on any atom is -0.396 e. The topological polar surface area (TPSA) is 26.7 Å². The fourth-order valence-corrected chi connectivity index (χ4v) is 2.34. The summed E-state index contributed by atoms with van der Waals surface area (Å²) in [5, 5.41) is 8.43. The molecule has 0 aromatic carbocycles. The fourth-order valence-electron chi connectivity index (χ4n) is 2.34. The van der Waals surface area contributed by atoms with Crippen molar-refractivity contribution in [3.8, 4) is 0 Å². The Hall–Kier alpha value is -0.120. The van der Waals surface area contributed by atoms with Gasteiger partial charge in [-0.25, -0.2) is 0 Å². The lowest BCUT2D eigenvalue weighted by Gasteiger charge is -2.42. The Kier molecular flexibility index (Phi) is 11.7. The summed E-state index contributed by atoms with van der Waals surface area (Å²) in [6.07, 6.45) is 2.05. The van der Waals surface area contributed by atoms with Gasteiger partial charge in [-0.05, 0) is 45.6 Å². The summed E-state index contributed by atoms with van der Waals surface area (Å²) in [5.74, 6) is 0. The molecule has 0 radical (unpaired) electrons. The molecule has 0 bridgehead atoms. The van der Waals surface area contributed by atoms with E-state index in [2.05, 4.69) is 58.3 Å². The van der Waals surface area contributed by atoms with Gasteiger partial charge in [-0.3, -0.25) is 4.90 Å². The molecule has 1 rings (SSSR count). The Bertz CT molecular complexity index is 233. The maximum Gasteiger partial charge on any atom is 0.0431 e. The SMILES string of the molecule is C.CC(C)(C)CCCO.CCN1CCN(C(C)(C)C)CC1. The van der Waals surface area contributed by atoms with Crippen molar-refractivity contribution in [2.75, 3.05) is 39.3 Å². The van der Waals surface area contributed by atoms with Crippen molar-refractivity contribution < 1.29 is 5.11 Å². The lowest BCUT2D eigenvalue weighted by molar-refractivity contribution is 0.0648. The Morgan fingerprint density at radius 2 is 1.38 bits per heavy atom. The molecule has 0 amide bonds. The first-order chi connectivity index (χ1) is 9.10. The van der Waals surface area contributed by atoms with E-state index in [1.807, 2.05) is 0 Å². The molecule has 3 nitrogen and oxygen atoms in total. The first-order valence-electron chi connectivity index (χ1n) is 8.18. The third-order valence-electron chi connectivity index (χ3n) is 3.85. The van der Waals surface area contributed by atoms with Gasteiger partial charge in [-0.2, -0.15) is 0 Å². The van der Waals surface area contributed by atoms with Crippen LogP contribution in [0.3, 0.4) is 0 Å². The molecule has 1 heterocycles. The number of aliphatic hydroxyl groups excluding tert-OH is 1. The number of likely N-dealkylation sites (N-methyl/N-ethyl adjacent to an activating group) is 1. The number of hydrogen-bond donors (Lipinski definition) is 1. The molecule has 0 atom stereocenters. The van der Waals surface area contributed by atoms with Crippen LogP contribution in [0.4, 0.5) is 0 Å². The fraction of sp³-hybridized carbons (Fsp3) is 1.00. The van der Waals surface area contributed by atoms with Crippen LogP contribution in [0.1, 0.15) is 68.7 Å². The van der Waals surface area contributed by atoms with Crippen LogP contribution in [0.5, 0.6) is 0 Å². The van der Waals surface area contributed by atoms with Crippen LogP contribution in [-0.2, 0) is 0 Å². The maximum absolute atomic E-state index is 8.43. The zero-order valence-corrected chi connectivity index (χ0v) is 15.0. The van der Waals surface area contributed by atoms with Crippen molar-refractivity contribution in [1.29, 1.82) is 0 Å². The Morgan fingerprint density at radius 1 is 0.905 bits per heavy atom. The van der Waals surface area contributed by atoms with Gasteiger partial charge in [0.15, 0.2) is 0 Å². The van der Waals surface area contributed by atoms with Gasteiger partial charge in [-0.15, -0.1) is 0 Å². The Labute approximate surface area is 134 Å². The predicted molar refractivity (Wildman–Crippen MR) is 95.9 cm³/mol.